The van der Waals surface area contributed by atoms with Crippen LogP contribution >= 0.6 is 0 Å². The Hall–Kier alpha value is -1.96. The van der Waals surface area contributed by atoms with Gasteiger partial charge in [0.05, 0.1) is 6.04 Å². The van der Waals surface area contributed by atoms with Gasteiger partial charge in [0.1, 0.15) is 5.78 Å². The number of hydrogen-bond donors (Lipinski definition) is 3. The molecule has 0 unspecified atom stereocenters. The Labute approximate surface area is 149 Å². The second kappa shape index (κ2) is 11.6. The Morgan fingerprint density at radius 1 is 1.00 bits per heavy atom. The summed E-state index contributed by atoms with van der Waals surface area (Å²) in [5, 5.41) is 11.2. The SMILES string of the molecule is CC(C)C(=O)CCN(CCNC(=O)[C@@H](N)CCC(=O)O)C(=O)C(C)C. The normalized spacial score (nSPS) is 12.1. The first-order chi connectivity index (χ1) is 11.6. The number of nitrogens with zero attached hydrogens (tertiary/aromatic N) is 1. The van der Waals surface area contributed by atoms with Crippen molar-refractivity contribution in [1.29, 1.82) is 0 Å². The molecule has 0 aromatic rings. The van der Waals surface area contributed by atoms with Crippen molar-refractivity contribution < 1.29 is 24.3 Å². The maximum absolute atomic E-state index is 12.2. The zero-order chi connectivity index (χ0) is 19.6. The smallest absolute Gasteiger partial charge is 0.303 e. The highest BCUT2D eigenvalue weighted by Gasteiger charge is 2.20. The molecular weight excluding hydrogens is 326 g/mol. The van der Waals surface area contributed by atoms with Crippen LogP contribution in [0.5, 0.6) is 0 Å². The third-order valence-corrected chi connectivity index (χ3v) is 3.76. The molecule has 8 nitrogen and oxygen atoms in total. The Balaban J connectivity index is 4.46. The van der Waals surface area contributed by atoms with E-state index in [0.29, 0.717) is 6.54 Å². The second-order valence-corrected chi connectivity index (χ2v) is 6.68. The van der Waals surface area contributed by atoms with E-state index in [1.165, 1.54) is 0 Å². The fourth-order valence-electron chi connectivity index (χ4n) is 2.09. The summed E-state index contributed by atoms with van der Waals surface area (Å²) in [5.41, 5.74) is 5.62. The summed E-state index contributed by atoms with van der Waals surface area (Å²) < 4.78 is 0. The molecule has 0 heterocycles. The predicted octanol–water partition coefficient (Wildman–Crippen LogP) is 0.395. The lowest BCUT2D eigenvalue weighted by atomic mass is 10.1. The first kappa shape index (κ1) is 23.0. The van der Waals surface area contributed by atoms with E-state index in [4.69, 9.17) is 10.8 Å². The second-order valence-electron chi connectivity index (χ2n) is 6.68. The van der Waals surface area contributed by atoms with Crippen LogP contribution in [0.3, 0.4) is 0 Å². The number of Topliss-reactive ketones (excluding diaryl/α,β-unsaturated/α-hetero) is 1. The van der Waals surface area contributed by atoms with Gasteiger partial charge in [-0.3, -0.25) is 19.2 Å². The minimum Gasteiger partial charge on any atom is -0.481 e. The van der Waals surface area contributed by atoms with E-state index < -0.39 is 17.9 Å². The molecule has 144 valence electrons. The summed E-state index contributed by atoms with van der Waals surface area (Å²) in [6.07, 6.45) is 0.157. The molecule has 0 aromatic heterocycles. The number of aliphatic carboxylic acids is 1. The van der Waals surface area contributed by atoms with Crippen molar-refractivity contribution >= 4 is 23.6 Å². The van der Waals surface area contributed by atoms with Crippen LogP contribution in [0, 0.1) is 11.8 Å². The number of nitrogens with one attached hydrogen (secondary N) is 1. The van der Waals surface area contributed by atoms with Gasteiger partial charge in [-0.1, -0.05) is 27.7 Å². The van der Waals surface area contributed by atoms with E-state index in [0.717, 1.165) is 0 Å². The topological polar surface area (TPSA) is 130 Å². The van der Waals surface area contributed by atoms with Gasteiger partial charge in [0.2, 0.25) is 11.8 Å². The van der Waals surface area contributed by atoms with Crippen LogP contribution in [0.2, 0.25) is 0 Å². The standard InChI is InChI=1S/C17H31N3O5/c1-11(2)14(21)7-9-20(17(25)12(3)4)10-8-19-16(24)13(18)5-6-15(22)23/h11-13H,5-10,18H2,1-4H3,(H,19,24)(H,22,23)/t13-/m0/s1. The molecule has 8 heteroatoms. The van der Waals surface area contributed by atoms with Crippen molar-refractivity contribution in [3.8, 4) is 0 Å². The van der Waals surface area contributed by atoms with Crippen LogP contribution in [-0.2, 0) is 19.2 Å². The zero-order valence-corrected chi connectivity index (χ0v) is 15.6. The summed E-state index contributed by atoms with van der Waals surface area (Å²) in [6, 6.07) is -0.895. The number of carbonyl (C=O) groups is 4. The monoisotopic (exact) mass is 357 g/mol. The van der Waals surface area contributed by atoms with Crippen molar-refractivity contribution in [3.05, 3.63) is 0 Å². The maximum Gasteiger partial charge on any atom is 0.303 e. The molecule has 0 saturated carbocycles. The van der Waals surface area contributed by atoms with E-state index in [1.807, 2.05) is 13.8 Å². The van der Waals surface area contributed by atoms with E-state index in [-0.39, 0.29) is 55.9 Å². The van der Waals surface area contributed by atoms with Crippen LogP contribution in [0.25, 0.3) is 0 Å². The number of ketones is 1. The lowest BCUT2D eigenvalue weighted by Gasteiger charge is -2.25. The average Bonchev–Trinajstić information content (AvgIpc) is 2.53. The number of nitrogens with two attached hydrogens (primary N) is 1. The highest BCUT2D eigenvalue weighted by Crippen LogP contribution is 2.05. The van der Waals surface area contributed by atoms with Gasteiger partial charge in [-0.05, 0) is 6.42 Å². The molecule has 0 spiro atoms. The molecule has 0 aliphatic heterocycles. The highest BCUT2D eigenvalue weighted by molar-refractivity contribution is 5.83. The van der Waals surface area contributed by atoms with Gasteiger partial charge in [0.15, 0.2) is 0 Å². The molecule has 2 amide bonds. The molecule has 0 radical (unpaired) electrons. The van der Waals surface area contributed by atoms with E-state index in [1.54, 1.807) is 18.7 Å². The highest BCUT2D eigenvalue weighted by atomic mass is 16.4. The number of hydrogen-bond acceptors (Lipinski definition) is 5. The number of carboxylic acids is 1. The lowest BCUT2D eigenvalue weighted by Crippen LogP contribution is -2.45. The summed E-state index contributed by atoms with van der Waals surface area (Å²) >= 11 is 0. The molecule has 0 bridgehead atoms. The number of carboxylic acid groups (broad SMARTS) is 1. The van der Waals surface area contributed by atoms with Gasteiger partial charge in [-0.25, -0.2) is 0 Å². The lowest BCUT2D eigenvalue weighted by molar-refractivity contribution is -0.138. The molecule has 0 aromatic carbocycles. The van der Waals surface area contributed by atoms with E-state index >= 15 is 0 Å². The van der Waals surface area contributed by atoms with Crippen LogP contribution in [-0.4, -0.2) is 59.2 Å². The molecule has 1 atom stereocenters. The summed E-state index contributed by atoms with van der Waals surface area (Å²) in [6.45, 7) is 7.98. The van der Waals surface area contributed by atoms with Gasteiger partial charge >= 0.3 is 5.97 Å². The van der Waals surface area contributed by atoms with Crippen molar-refractivity contribution in [3.63, 3.8) is 0 Å². The quantitative estimate of drug-likeness (QED) is 0.463. The van der Waals surface area contributed by atoms with Gasteiger partial charge in [-0.15, -0.1) is 0 Å². The average molecular weight is 357 g/mol. The number of carbonyl (C=O) groups excluding carboxylic acids is 3. The third-order valence-electron chi connectivity index (χ3n) is 3.76. The molecule has 0 aliphatic carbocycles. The Kier molecular flexibility index (Phi) is 10.7. The summed E-state index contributed by atoms with van der Waals surface area (Å²) in [7, 11) is 0. The Bertz CT molecular complexity index is 477. The molecule has 25 heavy (non-hydrogen) atoms. The van der Waals surface area contributed by atoms with Gasteiger partial charge in [0.25, 0.3) is 0 Å². The van der Waals surface area contributed by atoms with Crippen molar-refractivity contribution in [2.24, 2.45) is 17.6 Å². The molecule has 0 rings (SSSR count). The summed E-state index contributed by atoms with van der Waals surface area (Å²) in [4.78, 5) is 47.8. The third kappa shape index (κ3) is 9.81. The minimum absolute atomic E-state index is 0.0543. The molecule has 0 fully saturated rings. The summed E-state index contributed by atoms with van der Waals surface area (Å²) in [5.74, 6) is -1.74. The Morgan fingerprint density at radius 2 is 1.60 bits per heavy atom. The van der Waals surface area contributed by atoms with Crippen LogP contribution in [0.15, 0.2) is 0 Å². The molecular formula is C17H31N3O5. The van der Waals surface area contributed by atoms with Crippen molar-refractivity contribution in [2.75, 3.05) is 19.6 Å². The van der Waals surface area contributed by atoms with Crippen LogP contribution in [0.4, 0.5) is 0 Å². The molecule has 4 N–H and O–H groups in total. The van der Waals surface area contributed by atoms with Gasteiger partial charge in [0, 0.05) is 44.3 Å². The molecule has 0 saturated heterocycles. The predicted molar refractivity (Wildman–Crippen MR) is 93.7 cm³/mol. The molecule has 0 aliphatic rings. The van der Waals surface area contributed by atoms with E-state index in [9.17, 15) is 19.2 Å². The van der Waals surface area contributed by atoms with Gasteiger partial charge < -0.3 is 21.1 Å². The largest absolute Gasteiger partial charge is 0.481 e. The van der Waals surface area contributed by atoms with Crippen molar-refractivity contribution in [1.82, 2.24) is 10.2 Å². The Morgan fingerprint density at radius 3 is 2.08 bits per heavy atom. The maximum atomic E-state index is 12.2. The number of rotatable bonds is 12. The van der Waals surface area contributed by atoms with Crippen molar-refractivity contribution in [2.45, 2.75) is 53.0 Å². The first-order valence-electron chi connectivity index (χ1n) is 8.62. The first-order valence-corrected chi connectivity index (χ1v) is 8.62. The van der Waals surface area contributed by atoms with Gasteiger partial charge in [-0.2, -0.15) is 0 Å². The van der Waals surface area contributed by atoms with E-state index in [2.05, 4.69) is 5.32 Å². The van der Waals surface area contributed by atoms with Crippen LogP contribution < -0.4 is 11.1 Å². The zero-order valence-electron chi connectivity index (χ0n) is 15.6. The van der Waals surface area contributed by atoms with Crippen LogP contribution in [0.1, 0.15) is 47.0 Å². The minimum atomic E-state index is -1.01. The number of amides is 2. The fourth-order valence-corrected chi connectivity index (χ4v) is 2.09. The fraction of sp³-hybridized carbons (Fsp3) is 0.765.